The van der Waals surface area contributed by atoms with Crippen molar-refractivity contribution in [2.75, 3.05) is 14.1 Å². The Balaban J connectivity index is 0.000000205. The van der Waals surface area contributed by atoms with Crippen molar-refractivity contribution in [1.29, 1.82) is 0 Å². The lowest BCUT2D eigenvalue weighted by Gasteiger charge is -2.26. The summed E-state index contributed by atoms with van der Waals surface area (Å²) in [5.41, 5.74) is 27.0. The van der Waals surface area contributed by atoms with Crippen LogP contribution in [0.4, 0.5) is 0 Å². The molecule has 0 saturated carbocycles. The van der Waals surface area contributed by atoms with Crippen LogP contribution in [0.25, 0.3) is 54.6 Å². The molecule has 15 heteroatoms. The van der Waals surface area contributed by atoms with Gasteiger partial charge in [0.25, 0.3) is 23.3 Å². The highest BCUT2D eigenvalue weighted by atomic mass is 16.3. The fourth-order valence-corrected chi connectivity index (χ4v) is 15.6. The van der Waals surface area contributed by atoms with Gasteiger partial charge >= 0.3 is 0 Å². The average Bonchev–Trinajstić information content (AvgIpc) is 1.58. The van der Waals surface area contributed by atoms with Gasteiger partial charge in [0.2, 0.25) is 0 Å². The predicted octanol–water partition coefficient (Wildman–Crippen LogP) is 22.2. The third-order valence-corrected chi connectivity index (χ3v) is 21.2. The third-order valence-electron chi connectivity index (χ3n) is 21.2. The summed E-state index contributed by atoms with van der Waals surface area (Å²) in [6.07, 6.45) is 5.04. The lowest BCUT2D eigenvalue weighted by Crippen LogP contribution is -2.24. The molecule has 586 valence electrons. The minimum atomic E-state index is -0.428. The Kier molecular flexibility index (Phi) is 25.9. The maximum atomic E-state index is 11.9. The van der Waals surface area contributed by atoms with Crippen LogP contribution < -0.4 is 11.0 Å². The molecule has 4 aromatic heterocycles. The van der Waals surface area contributed by atoms with Crippen molar-refractivity contribution in [1.82, 2.24) is 29.3 Å². The van der Waals surface area contributed by atoms with Crippen LogP contribution in [0.15, 0.2) is 99.3 Å². The number of aromatic nitrogens is 4. The van der Waals surface area contributed by atoms with E-state index in [1.807, 2.05) is 45.0 Å². The highest BCUT2D eigenvalue weighted by Crippen LogP contribution is 2.44. The van der Waals surface area contributed by atoms with E-state index in [2.05, 4.69) is 212 Å². The zero-order chi connectivity index (χ0) is 80.5. The van der Waals surface area contributed by atoms with Crippen LogP contribution in [0.3, 0.4) is 0 Å². The Labute approximate surface area is 648 Å². The van der Waals surface area contributed by atoms with E-state index in [9.17, 15) is 39.3 Å². The van der Waals surface area contributed by atoms with Gasteiger partial charge in [-0.05, 0) is 229 Å². The lowest BCUT2D eigenvalue weighted by atomic mass is 9.78. The van der Waals surface area contributed by atoms with Crippen LogP contribution in [-0.4, -0.2) is 76.5 Å². The van der Waals surface area contributed by atoms with Crippen molar-refractivity contribution in [2.24, 2.45) is 17.9 Å². The van der Waals surface area contributed by atoms with E-state index in [0.717, 1.165) is 33.5 Å². The SMILES string of the molecule is C.C.CC(C)(C)c1cc(=O)c2c(O)cccc2o1.CC(C)(C)c1cccc2c(=O)[nH]cnc12.CN1C(=O)c2ccc(CC(C)(C)C)c(O)c2C1=O.CN1Cc2ccc(CC(C)(C)C)c(O)c2C1=O.Cc1c(C(C)(C)C)c(C)c2ccn(C)c2c1C.Cc1c(C)c(C)c2c([nH]c3c(C)c(C)c(C(C)(C)C)c(C)c32)c1C. The molecule has 0 unspecified atom stereocenters. The molecule has 3 amide bonds. The first-order chi connectivity index (χ1) is 49.1. The number of imide groups is 1. The van der Waals surface area contributed by atoms with Gasteiger partial charge in [-0.1, -0.05) is 176 Å². The first kappa shape index (κ1) is 88.1. The molecule has 6 heterocycles. The number of carbonyl (C=O) groups excluding carboxylic acids is 3. The number of H-pyrrole nitrogens is 2. The summed E-state index contributed by atoms with van der Waals surface area (Å²) in [5.74, 6) is -0.150. The molecule has 0 radical (unpaired) electrons. The largest absolute Gasteiger partial charge is 0.507 e. The van der Waals surface area contributed by atoms with Crippen molar-refractivity contribution in [2.45, 2.75) is 250 Å². The van der Waals surface area contributed by atoms with Crippen LogP contribution >= 0.6 is 0 Å². The molecule has 0 bridgehead atoms. The van der Waals surface area contributed by atoms with Crippen molar-refractivity contribution < 1.29 is 34.1 Å². The van der Waals surface area contributed by atoms with Gasteiger partial charge in [0.1, 0.15) is 34.0 Å². The zero-order valence-corrected chi connectivity index (χ0v) is 69.8. The number of phenols is 3. The molecule has 109 heavy (non-hydrogen) atoms. The number of aromatic amines is 2. The van der Waals surface area contributed by atoms with E-state index in [-0.39, 0.29) is 104 Å². The van der Waals surface area contributed by atoms with Crippen LogP contribution in [0, 0.1) is 80.1 Å². The Hall–Kier alpha value is -9.76. The van der Waals surface area contributed by atoms with Gasteiger partial charge < -0.3 is 39.2 Å². The van der Waals surface area contributed by atoms with Crippen LogP contribution in [0.2, 0.25) is 0 Å². The van der Waals surface area contributed by atoms with E-state index in [4.69, 9.17) is 4.42 Å². The van der Waals surface area contributed by atoms with Crippen molar-refractivity contribution in [3.63, 3.8) is 0 Å². The summed E-state index contributed by atoms with van der Waals surface area (Å²) in [4.78, 5) is 72.2. The number of amides is 3. The van der Waals surface area contributed by atoms with E-state index in [0.29, 0.717) is 40.8 Å². The number of hydrogen-bond donors (Lipinski definition) is 5. The number of carbonyl (C=O) groups is 3. The molecule has 2 aliphatic heterocycles. The Bertz CT molecular complexity index is 5460. The molecule has 5 N–H and O–H groups in total. The number of phenolic OH excluding ortho intramolecular Hbond substituents is 3. The average molecular weight is 1480 g/mol. The minimum Gasteiger partial charge on any atom is -0.507 e. The molecule has 11 aromatic rings. The number of aromatic hydroxyl groups is 3. The molecule has 0 fully saturated rings. The van der Waals surface area contributed by atoms with Crippen LogP contribution in [0.1, 0.15) is 265 Å². The highest BCUT2D eigenvalue weighted by Gasteiger charge is 2.37. The molecule has 0 saturated heterocycles. The van der Waals surface area contributed by atoms with Crippen molar-refractivity contribution in [3.05, 3.63) is 217 Å². The van der Waals surface area contributed by atoms with E-state index >= 15 is 0 Å². The highest BCUT2D eigenvalue weighted by molar-refractivity contribution is 6.22. The number of benzene rings is 7. The fraction of sp³-hybridized carbons (Fsp3) is 0.447. The topological polar surface area (TPSA) is 215 Å². The zero-order valence-electron chi connectivity index (χ0n) is 69.8. The molecule has 15 nitrogen and oxygen atoms in total. The Morgan fingerprint density at radius 2 is 0.991 bits per heavy atom. The first-order valence-corrected chi connectivity index (χ1v) is 37.2. The molecular weight excluding hydrogens is 1360 g/mol. The summed E-state index contributed by atoms with van der Waals surface area (Å²) in [6.45, 7) is 61.9. The predicted molar refractivity (Wildman–Crippen MR) is 456 cm³/mol. The second kappa shape index (κ2) is 32.1. The van der Waals surface area contributed by atoms with Crippen LogP contribution in [-0.2, 0) is 48.1 Å². The number of para-hydroxylation sites is 1. The molecule has 0 spiro atoms. The number of nitrogens with one attached hydrogen (secondary N) is 2. The quantitative estimate of drug-likeness (QED) is 0.103. The van der Waals surface area contributed by atoms with Crippen molar-refractivity contribution >= 4 is 72.3 Å². The fourth-order valence-electron chi connectivity index (χ4n) is 15.6. The molecule has 7 aromatic carbocycles. The third kappa shape index (κ3) is 17.9. The summed E-state index contributed by atoms with van der Waals surface area (Å²) >= 11 is 0. The normalized spacial score (nSPS) is 13.0. The Morgan fingerprint density at radius 3 is 1.53 bits per heavy atom. The summed E-state index contributed by atoms with van der Waals surface area (Å²) in [7, 11) is 5.31. The number of hydrogen-bond acceptors (Lipinski definition) is 10. The maximum Gasteiger partial charge on any atom is 0.265 e. The van der Waals surface area contributed by atoms with Gasteiger partial charge in [0.15, 0.2) is 5.43 Å². The van der Waals surface area contributed by atoms with Gasteiger partial charge in [0.05, 0.1) is 39.4 Å². The molecule has 0 atom stereocenters. The maximum absolute atomic E-state index is 11.9. The lowest BCUT2D eigenvalue weighted by molar-refractivity contribution is 0.0691. The van der Waals surface area contributed by atoms with Gasteiger partial charge in [0, 0.05) is 72.6 Å². The summed E-state index contributed by atoms with van der Waals surface area (Å²) in [6, 6.07) is 21.5. The number of fused-ring (bicyclic) bond motifs is 8. The van der Waals surface area contributed by atoms with Crippen LogP contribution in [0.5, 0.6) is 17.2 Å². The molecule has 0 aliphatic carbocycles. The molecule has 2 aliphatic rings. The van der Waals surface area contributed by atoms with Gasteiger partial charge in [-0.15, -0.1) is 0 Å². The van der Waals surface area contributed by atoms with E-state index < -0.39 is 5.91 Å². The molecule has 13 rings (SSSR count). The van der Waals surface area contributed by atoms with E-state index in [1.165, 1.54) is 125 Å². The number of nitrogens with zero attached hydrogens (tertiary/aromatic N) is 4. The molecular formula is C94H126N6O9. The van der Waals surface area contributed by atoms with Gasteiger partial charge in [-0.25, -0.2) is 4.98 Å². The van der Waals surface area contributed by atoms with Crippen molar-refractivity contribution in [3.8, 4) is 17.2 Å². The smallest absolute Gasteiger partial charge is 0.265 e. The summed E-state index contributed by atoms with van der Waals surface area (Å²) < 4.78 is 7.86. The van der Waals surface area contributed by atoms with Gasteiger partial charge in [-0.2, -0.15) is 0 Å². The van der Waals surface area contributed by atoms with Gasteiger partial charge in [-0.3, -0.25) is 28.9 Å². The second-order valence-corrected chi connectivity index (χ2v) is 36.3. The number of aryl methyl sites for hydroxylation is 7. The number of rotatable bonds is 2. The first-order valence-electron chi connectivity index (χ1n) is 37.2. The Morgan fingerprint density at radius 1 is 0.486 bits per heavy atom. The standard InChI is InChI=1S/C23H31N.C16H23N.C14H17NO3.C14H19NO2.C13H14O3.C12H14N2O.2CH4/c1-11-12(2)15(5)21-18(13(11)3)19-17(7)20(23(8,9)10)14(4)16(6)22(19)24-21;1-10-11(2)15-13(8-9-17(15)7)12(3)14(10)16(4,5)6;1-14(2,3)7-8-5-6-9-10(11(8)16)13(18)15(4)12(9)17;1-14(2,3)7-9-5-6-10-8-15(4)13(17)11(10)12(9)16;1-13(2,3)11-7-9(15)12-8(14)5-4-6-10(12)16-11;1-12(2,3)9-6-4-5-8-10(9)13-7-14-11(8)15;;/h24H,1-10H3;8-9H,1-7H3;5-6,16H,7H2,1-4H3;5-6,16H,7-8H2,1-4H3;4-7,14H,1-3H3;4-7H,1-3H3,(H,13,14,15);2*1H4. The van der Waals surface area contributed by atoms with E-state index in [1.54, 1.807) is 42.3 Å². The monoisotopic (exact) mass is 1480 g/mol. The summed E-state index contributed by atoms with van der Waals surface area (Å²) in [5, 5.41) is 35.1. The second-order valence-electron chi connectivity index (χ2n) is 36.3. The minimum absolute atomic E-state index is 0.